The summed E-state index contributed by atoms with van der Waals surface area (Å²) in [4.78, 5) is 0.150. The van der Waals surface area contributed by atoms with Gasteiger partial charge in [0.15, 0.2) is 0 Å². The van der Waals surface area contributed by atoms with E-state index < -0.39 is 10.0 Å². The zero-order chi connectivity index (χ0) is 14.0. The summed E-state index contributed by atoms with van der Waals surface area (Å²) in [6.45, 7) is 3.54. The molecule has 0 fully saturated rings. The number of nitrogens with one attached hydrogen (secondary N) is 2. The van der Waals surface area contributed by atoms with Crippen LogP contribution in [0.15, 0.2) is 21.7 Å². The number of nitrogens with two attached hydrogens (primary N) is 1. The molecule has 8 heteroatoms. The highest BCUT2D eigenvalue weighted by Crippen LogP contribution is 2.22. The first-order chi connectivity index (χ1) is 8.95. The molecule has 0 aromatic carbocycles. The highest BCUT2D eigenvalue weighted by Gasteiger charge is 2.25. The average Bonchev–Trinajstić information content (AvgIpc) is 2.96. The van der Waals surface area contributed by atoms with Crippen molar-refractivity contribution in [2.24, 2.45) is 5.73 Å². The predicted octanol–water partition coefficient (Wildman–Crippen LogP) is 1.28. The first-order valence-electron chi connectivity index (χ1n) is 5.74. The molecule has 4 N–H and O–H groups in total. The molecule has 104 valence electrons. The second kappa shape index (κ2) is 5.41. The van der Waals surface area contributed by atoms with Crippen LogP contribution in [-0.2, 0) is 16.6 Å². The van der Waals surface area contributed by atoms with Crippen molar-refractivity contribution in [3.8, 4) is 0 Å². The molecule has 2 rings (SSSR count). The molecule has 0 aliphatic rings. The molecule has 0 amide bonds. The van der Waals surface area contributed by atoms with Crippen molar-refractivity contribution in [3.63, 3.8) is 0 Å². The zero-order valence-corrected chi connectivity index (χ0v) is 12.3. The van der Waals surface area contributed by atoms with Gasteiger partial charge in [0.1, 0.15) is 4.90 Å². The SMILES string of the molecule is Cc1[nH]nc(CN)c1S(=O)(=O)NC(C)c1ccsc1. The Morgan fingerprint density at radius 2 is 2.32 bits per heavy atom. The van der Waals surface area contributed by atoms with Gasteiger partial charge < -0.3 is 5.73 Å². The van der Waals surface area contributed by atoms with Gasteiger partial charge in [-0.3, -0.25) is 5.10 Å². The lowest BCUT2D eigenvalue weighted by Crippen LogP contribution is -2.28. The van der Waals surface area contributed by atoms with Crippen molar-refractivity contribution < 1.29 is 8.42 Å². The Bertz CT molecular complexity index is 646. The minimum atomic E-state index is -3.63. The van der Waals surface area contributed by atoms with Gasteiger partial charge in [-0.1, -0.05) is 0 Å². The van der Waals surface area contributed by atoms with Crippen molar-refractivity contribution >= 4 is 21.4 Å². The fraction of sp³-hybridized carbons (Fsp3) is 0.364. The molecule has 6 nitrogen and oxygen atoms in total. The molecule has 0 saturated heterocycles. The minimum Gasteiger partial charge on any atom is -0.325 e. The normalized spacial score (nSPS) is 13.6. The van der Waals surface area contributed by atoms with E-state index >= 15 is 0 Å². The smallest absolute Gasteiger partial charge is 0.244 e. The minimum absolute atomic E-state index is 0.0768. The molecule has 1 unspecified atom stereocenters. The first kappa shape index (κ1) is 14.2. The number of sulfonamides is 1. The highest BCUT2D eigenvalue weighted by atomic mass is 32.2. The second-order valence-electron chi connectivity index (χ2n) is 4.23. The monoisotopic (exact) mass is 300 g/mol. The lowest BCUT2D eigenvalue weighted by Gasteiger charge is -2.13. The van der Waals surface area contributed by atoms with Gasteiger partial charge in [0, 0.05) is 12.6 Å². The van der Waals surface area contributed by atoms with E-state index in [0.29, 0.717) is 11.4 Å². The maximum Gasteiger partial charge on any atom is 0.244 e. The van der Waals surface area contributed by atoms with E-state index in [1.807, 2.05) is 16.8 Å². The van der Waals surface area contributed by atoms with Crippen LogP contribution >= 0.6 is 11.3 Å². The summed E-state index contributed by atoms with van der Waals surface area (Å²) in [6.07, 6.45) is 0. The number of aromatic nitrogens is 2. The maximum absolute atomic E-state index is 12.4. The van der Waals surface area contributed by atoms with Gasteiger partial charge in [-0.05, 0) is 36.2 Å². The number of thiophene rings is 1. The lowest BCUT2D eigenvalue weighted by molar-refractivity contribution is 0.565. The average molecular weight is 300 g/mol. The molecule has 1 atom stereocenters. The zero-order valence-electron chi connectivity index (χ0n) is 10.7. The fourth-order valence-corrected chi connectivity index (χ4v) is 4.21. The Labute approximate surface area is 116 Å². The summed E-state index contributed by atoms with van der Waals surface area (Å²) in [7, 11) is -3.63. The third kappa shape index (κ3) is 2.86. The summed E-state index contributed by atoms with van der Waals surface area (Å²) >= 11 is 1.53. The Kier molecular flexibility index (Phi) is 4.04. The number of aryl methyl sites for hydroxylation is 1. The van der Waals surface area contributed by atoms with E-state index in [4.69, 9.17) is 5.73 Å². The molecular formula is C11H16N4O2S2. The van der Waals surface area contributed by atoms with Gasteiger partial charge in [0.2, 0.25) is 10.0 Å². The van der Waals surface area contributed by atoms with Crippen LogP contribution in [0.5, 0.6) is 0 Å². The molecular weight excluding hydrogens is 284 g/mol. The fourth-order valence-electron chi connectivity index (χ4n) is 1.85. The van der Waals surface area contributed by atoms with Crippen LogP contribution in [0.25, 0.3) is 0 Å². The van der Waals surface area contributed by atoms with E-state index in [0.717, 1.165) is 5.56 Å². The molecule has 0 spiro atoms. The number of hydrogen-bond donors (Lipinski definition) is 3. The Morgan fingerprint density at radius 1 is 1.58 bits per heavy atom. The van der Waals surface area contributed by atoms with E-state index in [2.05, 4.69) is 14.9 Å². The number of hydrogen-bond acceptors (Lipinski definition) is 5. The summed E-state index contributed by atoms with van der Waals surface area (Å²) < 4.78 is 27.4. The standard InChI is InChI=1S/C11H16N4O2S2/c1-7(9-3-4-18-6-9)15-19(16,17)11-8(2)13-14-10(11)5-12/h3-4,6-7,15H,5,12H2,1-2H3,(H,13,14). The Hall–Kier alpha value is -1.22. The third-order valence-corrected chi connectivity index (χ3v) is 5.24. The van der Waals surface area contributed by atoms with Crippen LogP contribution in [0.2, 0.25) is 0 Å². The summed E-state index contributed by atoms with van der Waals surface area (Å²) in [5, 5.41) is 10.4. The van der Waals surface area contributed by atoms with Gasteiger partial charge in [0.25, 0.3) is 0 Å². The van der Waals surface area contributed by atoms with Gasteiger partial charge in [0.05, 0.1) is 11.4 Å². The molecule has 2 aromatic heterocycles. The molecule has 0 bridgehead atoms. The van der Waals surface area contributed by atoms with Gasteiger partial charge in [-0.15, -0.1) is 0 Å². The topological polar surface area (TPSA) is 101 Å². The van der Waals surface area contributed by atoms with E-state index in [9.17, 15) is 8.42 Å². The molecule has 2 aromatic rings. The summed E-state index contributed by atoms with van der Waals surface area (Å²) in [5.41, 5.74) is 7.29. The number of H-pyrrole nitrogens is 1. The van der Waals surface area contributed by atoms with Crippen LogP contribution in [0.3, 0.4) is 0 Å². The van der Waals surface area contributed by atoms with Crippen molar-refractivity contribution in [2.75, 3.05) is 0 Å². The van der Waals surface area contributed by atoms with Gasteiger partial charge in [-0.2, -0.15) is 16.4 Å². The predicted molar refractivity (Wildman–Crippen MR) is 74.3 cm³/mol. The molecule has 2 heterocycles. The second-order valence-corrected chi connectivity index (χ2v) is 6.66. The molecule has 0 saturated carbocycles. The van der Waals surface area contributed by atoms with Crippen molar-refractivity contribution in [3.05, 3.63) is 33.8 Å². The maximum atomic E-state index is 12.4. The van der Waals surface area contributed by atoms with Crippen LogP contribution < -0.4 is 10.5 Å². The van der Waals surface area contributed by atoms with Crippen molar-refractivity contribution in [1.29, 1.82) is 0 Å². The Balaban J connectivity index is 2.30. The summed E-state index contributed by atoms with van der Waals surface area (Å²) in [6, 6.07) is 1.60. The van der Waals surface area contributed by atoms with E-state index in [-0.39, 0.29) is 17.5 Å². The number of aromatic amines is 1. The van der Waals surface area contributed by atoms with Crippen LogP contribution in [0.1, 0.15) is 29.9 Å². The number of nitrogens with zero attached hydrogens (tertiary/aromatic N) is 1. The Morgan fingerprint density at radius 3 is 2.89 bits per heavy atom. The van der Waals surface area contributed by atoms with Crippen molar-refractivity contribution in [2.45, 2.75) is 31.3 Å². The summed E-state index contributed by atoms with van der Waals surface area (Å²) in [5.74, 6) is 0. The molecule has 0 aliphatic carbocycles. The van der Waals surface area contributed by atoms with Crippen LogP contribution in [-0.4, -0.2) is 18.6 Å². The van der Waals surface area contributed by atoms with Crippen LogP contribution in [0.4, 0.5) is 0 Å². The van der Waals surface area contributed by atoms with E-state index in [1.54, 1.807) is 13.8 Å². The van der Waals surface area contributed by atoms with E-state index in [1.165, 1.54) is 11.3 Å². The highest BCUT2D eigenvalue weighted by molar-refractivity contribution is 7.89. The molecule has 0 aliphatic heterocycles. The quantitative estimate of drug-likeness (QED) is 0.774. The largest absolute Gasteiger partial charge is 0.325 e. The van der Waals surface area contributed by atoms with Crippen LogP contribution in [0, 0.1) is 6.92 Å². The van der Waals surface area contributed by atoms with Crippen molar-refractivity contribution in [1.82, 2.24) is 14.9 Å². The van der Waals surface area contributed by atoms with Gasteiger partial charge >= 0.3 is 0 Å². The number of rotatable bonds is 5. The molecule has 0 radical (unpaired) electrons. The lowest BCUT2D eigenvalue weighted by atomic mass is 10.2. The first-order valence-corrected chi connectivity index (χ1v) is 8.16. The molecule has 19 heavy (non-hydrogen) atoms. The van der Waals surface area contributed by atoms with Gasteiger partial charge in [-0.25, -0.2) is 13.1 Å². The third-order valence-electron chi connectivity index (χ3n) is 2.80.